The molecule has 0 aliphatic rings. The van der Waals surface area contributed by atoms with Crippen LogP contribution in [0.1, 0.15) is 25.6 Å². The van der Waals surface area contributed by atoms with E-state index in [0.717, 1.165) is 5.69 Å². The maximum Gasteiger partial charge on any atom is 0.142 e. The normalized spacial score (nSPS) is 10.2. The van der Waals surface area contributed by atoms with E-state index in [0.29, 0.717) is 17.6 Å². The van der Waals surface area contributed by atoms with Crippen LogP contribution in [0.2, 0.25) is 0 Å². The van der Waals surface area contributed by atoms with Crippen molar-refractivity contribution in [3.05, 3.63) is 36.3 Å². The van der Waals surface area contributed by atoms with E-state index in [1.807, 2.05) is 23.0 Å². The summed E-state index contributed by atoms with van der Waals surface area (Å²) in [6.45, 7) is 4.12. The second-order valence-electron chi connectivity index (χ2n) is 3.95. The third kappa shape index (κ3) is 2.61. The summed E-state index contributed by atoms with van der Waals surface area (Å²) in [4.78, 5) is 4.13. The number of rotatable bonds is 3. The highest BCUT2D eigenvalue weighted by Crippen LogP contribution is 2.15. The van der Waals surface area contributed by atoms with Crippen molar-refractivity contribution < 1.29 is 0 Å². The zero-order valence-electron chi connectivity index (χ0n) is 9.75. The molecule has 0 aliphatic carbocycles. The van der Waals surface area contributed by atoms with Gasteiger partial charge in [-0.05, 0) is 26.0 Å². The zero-order valence-corrected chi connectivity index (χ0v) is 9.75. The molecular formula is C12H13N5. The van der Waals surface area contributed by atoms with E-state index in [1.165, 1.54) is 0 Å². The van der Waals surface area contributed by atoms with Crippen LogP contribution in [0.4, 0.5) is 11.5 Å². The van der Waals surface area contributed by atoms with Crippen LogP contribution in [0.25, 0.3) is 0 Å². The Morgan fingerprint density at radius 1 is 1.41 bits per heavy atom. The van der Waals surface area contributed by atoms with Crippen LogP contribution in [-0.2, 0) is 0 Å². The van der Waals surface area contributed by atoms with Crippen LogP contribution in [-0.4, -0.2) is 14.8 Å². The van der Waals surface area contributed by atoms with Crippen molar-refractivity contribution in [1.82, 2.24) is 14.8 Å². The Balaban J connectivity index is 2.17. The lowest BCUT2D eigenvalue weighted by molar-refractivity contribution is 0.532. The van der Waals surface area contributed by atoms with E-state index >= 15 is 0 Å². The minimum absolute atomic E-state index is 0.323. The average molecular weight is 227 g/mol. The first-order valence-electron chi connectivity index (χ1n) is 5.37. The summed E-state index contributed by atoms with van der Waals surface area (Å²) in [6.07, 6.45) is 3.64. The summed E-state index contributed by atoms with van der Waals surface area (Å²) in [5.74, 6) is 0.646. The Kier molecular flexibility index (Phi) is 3.06. The topological polar surface area (TPSA) is 66.5 Å². The molecule has 2 heterocycles. The van der Waals surface area contributed by atoms with Crippen molar-refractivity contribution in [3.63, 3.8) is 0 Å². The van der Waals surface area contributed by atoms with E-state index in [4.69, 9.17) is 5.26 Å². The van der Waals surface area contributed by atoms with Crippen molar-refractivity contribution in [2.75, 3.05) is 5.32 Å². The van der Waals surface area contributed by atoms with Crippen LogP contribution in [0.5, 0.6) is 0 Å². The first kappa shape index (κ1) is 11.1. The van der Waals surface area contributed by atoms with Crippen molar-refractivity contribution in [3.8, 4) is 6.07 Å². The molecule has 0 bridgehead atoms. The highest BCUT2D eigenvalue weighted by atomic mass is 15.3. The summed E-state index contributed by atoms with van der Waals surface area (Å²) in [5, 5.41) is 16.1. The SMILES string of the molecule is CC(C)n1cc(Nc2cccc(C#N)n2)cn1. The molecule has 0 atom stereocenters. The highest BCUT2D eigenvalue weighted by molar-refractivity contribution is 5.54. The summed E-state index contributed by atoms with van der Waals surface area (Å²) >= 11 is 0. The molecule has 2 rings (SSSR count). The van der Waals surface area contributed by atoms with Crippen molar-refractivity contribution in [2.24, 2.45) is 0 Å². The number of hydrogen-bond donors (Lipinski definition) is 1. The van der Waals surface area contributed by atoms with Gasteiger partial charge in [-0.3, -0.25) is 4.68 Å². The molecule has 17 heavy (non-hydrogen) atoms. The predicted molar refractivity (Wildman–Crippen MR) is 64.8 cm³/mol. The molecule has 1 N–H and O–H groups in total. The van der Waals surface area contributed by atoms with E-state index < -0.39 is 0 Å². The molecule has 5 nitrogen and oxygen atoms in total. The lowest BCUT2D eigenvalue weighted by Crippen LogP contribution is -2.00. The molecule has 0 radical (unpaired) electrons. The number of nitrogens with one attached hydrogen (secondary N) is 1. The third-order valence-corrected chi connectivity index (χ3v) is 2.27. The van der Waals surface area contributed by atoms with Crippen molar-refractivity contribution in [1.29, 1.82) is 5.26 Å². The number of hydrogen-bond acceptors (Lipinski definition) is 4. The fourth-order valence-electron chi connectivity index (χ4n) is 1.40. The van der Waals surface area contributed by atoms with Gasteiger partial charge in [0.1, 0.15) is 17.6 Å². The van der Waals surface area contributed by atoms with Gasteiger partial charge in [0.15, 0.2) is 0 Å². The standard InChI is InChI=1S/C12H13N5/c1-9(2)17-8-11(7-14-17)16-12-5-3-4-10(6-13)15-12/h3-5,7-9H,1-2H3,(H,15,16). The van der Waals surface area contributed by atoms with Gasteiger partial charge in [-0.25, -0.2) is 4.98 Å². The van der Waals surface area contributed by atoms with Gasteiger partial charge in [-0.2, -0.15) is 10.4 Å². The van der Waals surface area contributed by atoms with Gasteiger partial charge in [0.2, 0.25) is 0 Å². The van der Waals surface area contributed by atoms with Crippen LogP contribution in [0, 0.1) is 11.3 Å². The molecule has 2 aromatic heterocycles. The smallest absolute Gasteiger partial charge is 0.142 e. The molecule has 86 valence electrons. The molecule has 0 fully saturated rings. The van der Waals surface area contributed by atoms with Gasteiger partial charge in [0.05, 0.1) is 11.9 Å². The van der Waals surface area contributed by atoms with Gasteiger partial charge in [0.25, 0.3) is 0 Å². The second-order valence-corrected chi connectivity index (χ2v) is 3.95. The molecule has 0 saturated carbocycles. The van der Waals surface area contributed by atoms with E-state index in [1.54, 1.807) is 18.3 Å². The Bertz CT molecular complexity index is 550. The Morgan fingerprint density at radius 3 is 2.88 bits per heavy atom. The lowest BCUT2D eigenvalue weighted by atomic mass is 10.3. The Labute approximate surface area is 99.7 Å². The van der Waals surface area contributed by atoms with Gasteiger partial charge in [0, 0.05) is 12.2 Å². The Morgan fingerprint density at radius 2 is 2.24 bits per heavy atom. The van der Waals surface area contributed by atoms with Gasteiger partial charge < -0.3 is 5.32 Å². The highest BCUT2D eigenvalue weighted by Gasteiger charge is 2.03. The van der Waals surface area contributed by atoms with Crippen molar-refractivity contribution >= 4 is 11.5 Å². The summed E-state index contributed by atoms with van der Waals surface area (Å²) in [6, 6.07) is 7.60. The quantitative estimate of drug-likeness (QED) is 0.874. The largest absolute Gasteiger partial charge is 0.338 e. The molecule has 0 saturated heterocycles. The molecule has 2 aromatic rings. The van der Waals surface area contributed by atoms with Crippen molar-refractivity contribution in [2.45, 2.75) is 19.9 Å². The molecule has 0 amide bonds. The third-order valence-electron chi connectivity index (χ3n) is 2.27. The van der Waals surface area contributed by atoms with Gasteiger partial charge in [-0.1, -0.05) is 6.07 Å². The fraction of sp³-hybridized carbons (Fsp3) is 0.250. The molecule has 0 aliphatic heterocycles. The van der Waals surface area contributed by atoms with E-state index in [-0.39, 0.29) is 0 Å². The van der Waals surface area contributed by atoms with E-state index in [9.17, 15) is 0 Å². The van der Waals surface area contributed by atoms with Crippen LogP contribution >= 0.6 is 0 Å². The second kappa shape index (κ2) is 4.66. The minimum atomic E-state index is 0.323. The first-order valence-corrected chi connectivity index (χ1v) is 5.37. The lowest BCUT2D eigenvalue weighted by Gasteiger charge is -2.04. The number of nitrogens with zero attached hydrogens (tertiary/aromatic N) is 4. The average Bonchev–Trinajstić information content (AvgIpc) is 2.78. The number of pyridine rings is 1. The van der Waals surface area contributed by atoms with Crippen LogP contribution < -0.4 is 5.32 Å². The summed E-state index contributed by atoms with van der Waals surface area (Å²) in [7, 11) is 0. The molecule has 0 aromatic carbocycles. The van der Waals surface area contributed by atoms with Crippen LogP contribution in [0.15, 0.2) is 30.6 Å². The first-order chi connectivity index (χ1) is 8.19. The minimum Gasteiger partial charge on any atom is -0.338 e. The maximum atomic E-state index is 8.75. The summed E-state index contributed by atoms with van der Waals surface area (Å²) < 4.78 is 1.86. The van der Waals surface area contributed by atoms with Gasteiger partial charge in [-0.15, -0.1) is 0 Å². The zero-order chi connectivity index (χ0) is 12.3. The van der Waals surface area contributed by atoms with Gasteiger partial charge >= 0.3 is 0 Å². The predicted octanol–water partition coefficient (Wildman–Crippen LogP) is 2.47. The molecular weight excluding hydrogens is 214 g/mol. The fourth-order valence-corrected chi connectivity index (χ4v) is 1.40. The monoisotopic (exact) mass is 227 g/mol. The molecule has 5 heteroatoms. The summed E-state index contributed by atoms with van der Waals surface area (Å²) in [5.41, 5.74) is 1.26. The number of nitriles is 1. The number of aromatic nitrogens is 3. The molecule has 0 spiro atoms. The van der Waals surface area contributed by atoms with E-state index in [2.05, 4.69) is 29.2 Å². The maximum absolute atomic E-state index is 8.75. The Hall–Kier alpha value is -2.35. The van der Waals surface area contributed by atoms with Crippen LogP contribution in [0.3, 0.4) is 0 Å². The molecule has 0 unspecified atom stereocenters. The number of anilines is 2.